The van der Waals surface area contributed by atoms with E-state index in [1.54, 1.807) is 0 Å². The molecule has 1 rings (SSSR count). The summed E-state index contributed by atoms with van der Waals surface area (Å²) >= 11 is 0. The minimum atomic E-state index is 0.0787. The molecule has 15 heavy (non-hydrogen) atoms. The first-order valence-electron chi connectivity index (χ1n) is 6.21. The van der Waals surface area contributed by atoms with Gasteiger partial charge in [-0.05, 0) is 45.4 Å². The summed E-state index contributed by atoms with van der Waals surface area (Å²) in [5.74, 6) is 0. The van der Waals surface area contributed by atoms with Gasteiger partial charge in [0.15, 0.2) is 6.29 Å². The van der Waals surface area contributed by atoms with Gasteiger partial charge in [0.25, 0.3) is 0 Å². The Morgan fingerprint density at radius 3 is 3.00 bits per heavy atom. The summed E-state index contributed by atoms with van der Waals surface area (Å²) in [7, 11) is 0. The fourth-order valence-corrected chi connectivity index (χ4v) is 1.63. The summed E-state index contributed by atoms with van der Waals surface area (Å²) in [6.07, 6.45) is 9.30. The van der Waals surface area contributed by atoms with Gasteiger partial charge in [0.2, 0.25) is 0 Å². The fourth-order valence-electron chi connectivity index (χ4n) is 1.63. The number of unbranched alkanes of at least 4 members (excludes halogenated alkanes) is 1. The molecule has 1 unspecified atom stereocenters. The van der Waals surface area contributed by atoms with E-state index in [0.29, 0.717) is 0 Å². The number of hydrogen-bond acceptors (Lipinski definition) is 2. The summed E-state index contributed by atoms with van der Waals surface area (Å²) < 4.78 is 11.1. The van der Waals surface area contributed by atoms with Crippen molar-refractivity contribution < 1.29 is 9.47 Å². The largest absolute Gasteiger partial charge is 0.353 e. The number of hydrogen-bond donors (Lipinski definition) is 0. The van der Waals surface area contributed by atoms with Gasteiger partial charge in [-0.25, -0.2) is 0 Å². The van der Waals surface area contributed by atoms with Crippen LogP contribution in [0.15, 0.2) is 11.6 Å². The van der Waals surface area contributed by atoms with Crippen molar-refractivity contribution >= 4 is 0 Å². The molecule has 88 valence electrons. The van der Waals surface area contributed by atoms with Crippen LogP contribution >= 0.6 is 0 Å². The van der Waals surface area contributed by atoms with Crippen molar-refractivity contribution in [3.63, 3.8) is 0 Å². The van der Waals surface area contributed by atoms with Crippen molar-refractivity contribution in [1.82, 2.24) is 0 Å². The second kappa shape index (κ2) is 7.89. The lowest BCUT2D eigenvalue weighted by atomic mass is 10.2. The SMILES string of the molecule is CC/C(C)=C\CCCOC1CCCCO1. The van der Waals surface area contributed by atoms with Crippen LogP contribution in [0, 0.1) is 0 Å². The van der Waals surface area contributed by atoms with Crippen LogP contribution in [0.4, 0.5) is 0 Å². The third-order valence-electron chi connectivity index (χ3n) is 2.84. The Morgan fingerprint density at radius 2 is 2.33 bits per heavy atom. The molecular weight excluding hydrogens is 188 g/mol. The Kier molecular flexibility index (Phi) is 6.69. The van der Waals surface area contributed by atoms with Crippen molar-refractivity contribution in [1.29, 1.82) is 0 Å². The van der Waals surface area contributed by atoms with Gasteiger partial charge in [-0.15, -0.1) is 0 Å². The summed E-state index contributed by atoms with van der Waals surface area (Å²) in [5, 5.41) is 0. The molecule has 0 aromatic carbocycles. The van der Waals surface area contributed by atoms with Gasteiger partial charge in [0.1, 0.15) is 0 Å². The third-order valence-corrected chi connectivity index (χ3v) is 2.84. The van der Waals surface area contributed by atoms with Crippen molar-refractivity contribution in [2.45, 2.75) is 58.7 Å². The maximum atomic E-state index is 5.65. The fraction of sp³-hybridized carbons (Fsp3) is 0.846. The van der Waals surface area contributed by atoms with Crippen LogP contribution in [0.3, 0.4) is 0 Å². The number of ether oxygens (including phenoxy) is 2. The van der Waals surface area contributed by atoms with Crippen molar-refractivity contribution in [2.24, 2.45) is 0 Å². The van der Waals surface area contributed by atoms with E-state index in [0.717, 1.165) is 38.9 Å². The van der Waals surface area contributed by atoms with E-state index in [-0.39, 0.29) is 6.29 Å². The molecular formula is C13H24O2. The molecule has 1 saturated heterocycles. The van der Waals surface area contributed by atoms with E-state index in [1.165, 1.54) is 18.4 Å². The van der Waals surface area contributed by atoms with Gasteiger partial charge >= 0.3 is 0 Å². The third kappa shape index (κ3) is 5.95. The van der Waals surface area contributed by atoms with Gasteiger partial charge in [-0.2, -0.15) is 0 Å². The first-order chi connectivity index (χ1) is 7.33. The van der Waals surface area contributed by atoms with Gasteiger partial charge < -0.3 is 9.47 Å². The topological polar surface area (TPSA) is 18.5 Å². The van der Waals surface area contributed by atoms with Crippen LogP contribution in [0.2, 0.25) is 0 Å². The lowest BCUT2D eigenvalue weighted by molar-refractivity contribution is -0.162. The minimum Gasteiger partial charge on any atom is -0.353 e. The maximum absolute atomic E-state index is 5.65. The first kappa shape index (κ1) is 12.7. The molecule has 1 atom stereocenters. The van der Waals surface area contributed by atoms with E-state index in [2.05, 4.69) is 19.9 Å². The van der Waals surface area contributed by atoms with Crippen molar-refractivity contribution in [3.8, 4) is 0 Å². The Morgan fingerprint density at radius 1 is 1.47 bits per heavy atom. The molecule has 1 aliphatic rings. The lowest BCUT2D eigenvalue weighted by Crippen LogP contribution is -2.22. The van der Waals surface area contributed by atoms with E-state index in [1.807, 2.05) is 0 Å². The first-order valence-corrected chi connectivity index (χ1v) is 6.21. The molecule has 1 heterocycles. The predicted molar refractivity (Wildman–Crippen MR) is 62.8 cm³/mol. The summed E-state index contributed by atoms with van der Waals surface area (Å²) in [5.41, 5.74) is 1.48. The van der Waals surface area contributed by atoms with E-state index in [9.17, 15) is 0 Å². The average molecular weight is 212 g/mol. The summed E-state index contributed by atoms with van der Waals surface area (Å²) in [4.78, 5) is 0. The Bertz CT molecular complexity index is 181. The maximum Gasteiger partial charge on any atom is 0.157 e. The van der Waals surface area contributed by atoms with Crippen LogP contribution < -0.4 is 0 Å². The molecule has 1 aliphatic heterocycles. The minimum absolute atomic E-state index is 0.0787. The van der Waals surface area contributed by atoms with Crippen LogP contribution in [-0.2, 0) is 9.47 Å². The molecule has 0 aromatic rings. The van der Waals surface area contributed by atoms with Gasteiger partial charge in [0.05, 0.1) is 6.61 Å². The zero-order chi connectivity index (χ0) is 10.9. The molecule has 0 bridgehead atoms. The van der Waals surface area contributed by atoms with Crippen LogP contribution in [0.25, 0.3) is 0 Å². The highest BCUT2D eigenvalue weighted by molar-refractivity contribution is 4.96. The van der Waals surface area contributed by atoms with Gasteiger partial charge in [0, 0.05) is 6.61 Å². The Balaban J connectivity index is 1.96. The smallest absolute Gasteiger partial charge is 0.157 e. The number of allylic oxidation sites excluding steroid dienone is 2. The van der Waals surface area contributed by atoms with Crippen molar-refractivity contribution in [2.75, 3.05) is 13.2 Å². The number of rotatable bonds is 6. The second-order valence-electron chi connectivity index (χ2n) is 4.21. The zero-order valence-electron chi connectivity index (χ0n) is 10.1. The molecule has 2 heteroatoms. The molecule has 0 saturated carbocycles. The van der Waals surface area contributed by atoms with E-state index >= 15 is 0 Å². The lowest BCUT2D eigenvalue weighted by Gasteiger charge is -2.22. The summed E-state index contributed by atoms with van der Waals surface area (Å²) in [6, 6.07) is 0. The van der Waals surface area contributed by atoms with Gasteiger partial charge in [-0.1, -0.05) is 18.6 Å². The second-order valence-corrected chi connectivity index (χ2v) is 4.21. The highest BCUT2D eigenvalue weighted by atomic mass is 16.7. The highest BCUT2D eigenvalue weighted by Gasteiger charge is 2.12. The molecule has 0 amide bonds. The zero-order valence-corrected chi connectivity index (χ0v) is 10.1. The van der Waals surface area contributed by atoms with Crippen LogP contribution in [-0.4, -0.2) is 19.5 Å². The Hall–Kier alpha value is -0.340. The molecule has 0 aliphatic carbocycles. The molecule has 2 nitrogen and oxygen atoms in total. The molecule has 1 fully saturated rings. The quantitative estimate of drug-likeness (QED) is 0.494. The van der Waals surface area contributed by atoms with Crippen LogP contribution in [0.5, 0.6) is 0 Å². The standard InChI is InChI=1S/C13H24O2/c1-3-12(2)8-4-6-10-14-13-9-5-7-11-15-13/h8,13H,3-7,9-11H2,1-2H3/b12-8-. The summed E-state index contributed by atoms with van der Waals surface area (Å²) in [6.45, 7) is 6.08. The molecule has 0 radical (unpaired) electrons. The van der Waals surface area contributed by atoms with Crippen LogP contribution in [0.1, 0.15) is 52.4 Å². The Labute approximate surface area is 93.7 Å². The normalized spacial score (nSPS) is 23.1. The van der Waals surface area contributed by atoms with E-state index in [4.69, 9.17) is 9.47 Å². The predicted octanol–water partition coefficient (Wildman–Crippen LogP) is 3.67. The molecule has 0 N–H and O–H groups in total. The highest BCUT2D eigenvalue weighted by Crippen LogP contribution is 2.14. The van der Waals surface area contributed by atoms with Gasteiger partial charge in [-0.3, -0.25) is 0 Å². The monoisotopic (exact) mass is 212 g/mol. The van der Waals surface area contributed by atoms with E-state index < -0.39 is 0 Å². The molecule has 0 spiro atoms. The molecule has 0 aromatic heterocycles. The average Bonchev–Trinajstić information content (AvgIpc) is 2.29. The van der Waals surface area contributed by atoms with Crippen molar-refractivity contribution in [3.05, 3.63) is 11.6 Å².